The summed E-state index contributed by atoms with van der Waals surface area (Å²) in [5, 5.41) is 3.34. The Kier molecular flexibility index (Phi) is 6.41. The summed E-state index contributed by atoms with van der Waals surface area (Å²) >= 11 is 0. The number of alkyl halides is 4. The van der Waals surface area contributed by atoms with Crippen molar-refractivity contribution in [1.29, 1.82) is 0 Å². The monoisotopic (exact) mass is 633 g/mol. The average Bonchev–Trinajstić information content (AvgIpc) is 3.73. The van der Waals surface area contributed by atoms with Gasteiger partial charge in [0, 0.05) is 54.7 Å². The number of ether oxygens (including phenoxy) is 1. The average molecular weight is 634 g/mol. The fourth-order valence-electron chi connectivity index (χ4n) is 7.79. The molecule has 0 saturated carbocycles. The lowest BCUT2D eigenvalue weighted by Crippen LogP contribution is -2.51. The number of hydrogen-bond acceptors (Lipinski definition) is 9. The summed E-state index contributed by atoms with van der Waals surface area (Å²) < 4.78 is 101. The molecule has 0 amide bonds. The van der Waals surface area contributed by atoms with Crippen LogP contribution in [0.5, 0.6) is 6.01 Å². The molecule has 4 saturated heterocycles. The van der Waals surface area contributed by atoms with Gasteiger partial charge in [-0.3, -0.25) is 4.90 Å². The smallest absolute Gasteiger partial charge is 0.417 e. The van der Waals surface area contributed by atoms with Crippen LogP contribution in [0.1, 0.15) is 37.7 Å². The second kappa shape index (κ2) is 10.1. The van der Waals surface area contributed by atoms with E-state index in [2.05, 4.69) is 20.3 Å². The van der Waals surface area contributed by atoms with E-state index in [4.69, 9.17) is 14.9 Å². The Morgan fingerprint density at radius 2 is 1.84 bits per heavy atom. The third-order valence-electron chi connectivity index (χ3n) is 9.72. The number of aromatic nitrogens is 3. The van der Waals surface area contributed by atoms with Crippen LogP contribution in [0.25, 0.3) is 33.1 Å². The van der Waals surface area contributed by atoms with Gasteiger partial charge >= 0.3 is 12.2 Å². The van der Waals surface area contributed by atoms with Crippen molar-refractivity contribution in [1.82, 2.24) is 25.2 Å². The zero-order valence-electron chi connectivity index (χ0n) is 23.9. The molecule has 0 aliphatic carbocycles. The number of fused-ring (bicyclic) bond motifs is 5. The second-order valence-corrected chi connectivity index (χ2v) is 12.6. The predicted octanol–water partition coefficient (Wildman–Crippen LogP) is 5.21. The highest BCUT2D eigenvalue weighted by Gasteiger charge is 2.49. The third-order valence-corrected chi connectivity index (χ3v) is 9.72. The first-order valence-electron chi connectivity index (χ1n) is 15.0. The van der Waals surface area contributed by atoms with Crippen LogP contribution in [0.2, 0.25) is 0 Å². The zero-order chi connectivity index (χ0) is 31.2. The number of hydrogen-bond donors (Lipinski definition) is 2. The summed E-state index contributed by atoms with van der Waals surface area (Å²) in [6, 6.07) is 2.20. The molecule has 4 aliphatic rings. The molecule has 2 aromatic carbocycles. The number of nitrogens with two attached hydrogens (primary N) is 1. The Morgan fingerprint density at radius 3 is 2.60 bits per heavy atom. The van der Waals surface area contributed by atoms with Gasteiger partial charge in [0.1, 0.15) is 29.6 Å². The lowest BCUT2D eigenvalue weighted by Gasteiger charge is -2.35. The van der Waals surface area contributed by atoms with E-state index in [1.165, 1.54) is 0 Å². The third kappa shape index (κ3) is 4.65. The van der Waals surface area contributed by atoms with Crippen LogP contribution in [0.3, 0.4) is 0 Å². The SMILES string of the molecule is Nc1nc2c(-c3c(C(F)(F)F)cc4c(N5CC6CCC(C5)N6)nc(OCC56CCCN5CC(F)C6)nc4c3F)ccc(F)c2o1. The van der Waals surface area contributed by atoms with E-state index in [-0.39, 0.29) is 53.4 Å². The highest BCUT2D eigenvalue weighted by atomic mass is 19.4. The van der Waals surface area contributed by atoms with Gasteiger partial charge in [-0.05, 0) is 50.4 Å². The van der Waals surface area contributed by atoms with E-state index in [9.17, 15) is 22.0 Å². The minimum atomic E-state index is -5.02. The number of anilines is 2. The normalized spacial score (nSPS) is 26.8. The van der Waals surface area contributed by atoms with Gasteiger partial charge in [-0.15, -0.1) is 0 Å². The molecule has 4 aliphatic heterocycles. The highest BCUT2D eigenvalue weighted by Crippen LogP contribution is 2.46. The van der Waals surface area contributed by atoms with Crippen molar-refractivity contribution in [2.24, 2.45) is 0 Å². The Balaban J connectivity index is 1.32. The van der Waals surface area contributed by atoms with Crippen LogP contribution in [-0.2, 0) is 6.18 Å². The molecule has 2 aromatic heterocycles. The lowest BCUT2D eigenvalue weighted by atomic mass is 9.94. The molecule has 0 spiro atoms. The number of rotatable bonds is 5. The largest absolute Gasteiger partial charge is 0.461 e. The van der Waals surface area contributed by atoms with Crippen LogP contribution >= 0.6 is 0 Å². The minimum Gasteiger partial charge on any atom is -0.461 e. The number of nitrogens with zero attached hydrogens (tertiary/aromatic N) is 5. The van der Waals surface area contributed by atoms with E-state index < -0.39 is 57.8 Å². The fourth-order valence-corrected chi connectivity index (χ4v) is 7.79. The van der Waals surface area contributed by atoms with Gasteiger partial charge in [-0.2, -0.15) is 28.1 Å². The van der Waals surface area contributed by atoms with Gasteiger partial charge in [0.2, 0.25) is 0 Å². The fraction of sp³-hybridized carbons (Fsp3) is 0.500. The van der Waals surface area contributed by atoms with E-state index in [1.807, 2.05) is 9.80 Å². The van der Waals surface area contributed by atoms with E-state index in [0.29, 0.717) is 26.1 Å². The van der Waals surface area contributed by atoms with Crippen LogP contribution in [0.15, 0.2) is 22.6 Å². The number of piperazine rings is 1. The van der Waals surface area contributed by atoms with Crippen LogP contribution in [-0.4, -0.2) is 76.4 Å². The molecule has 238 valence electrons. The molecule has 6 heterocycles. The number of benzene rings is 2. The number of nitrogens with one attached hydrogen (secondary N) is 1. The first-order chi connectivity index (χ1) is 21.5. The van der Waals surface area contributed by atoms with Crippen molar-refractivity contribution in [2.45, 2.75) is 62.1 Å². The van der Waals surface area contributed by atoms with E-state index in [1.54, 1.807) is 0 Å². The summed E-state index contributed by atoms with van der Waals surface area (Å²) in [4.78, 5) is 16.6. The molecule has 45 heavy (non-hydrogen) atoms. The Morgan fingerprint density at radius 1 is 1.07 bits per heavy atom. The molecule has 8 rings (SSSR count). The van der Waals surface area contributed by atoms with Gasteiger partial charge in [-0.1, -0.05) is 0 Å². The quantitative estimate of drug-likeness (QED) is 0.287. The molecule has 3 N–H and O–H groups in total. The van der Waals surface area contributed by atoms with Crippen LogP contribution < -0.4 is 20.7 Å². The molecule has 4 unspecified atom stereocenters. The lowest BCUT2D eigenvalue weighted by molar-refractivity contribution is -0.137. The maximum absolute atomic E-state index is 16.8. The molecule has 0 radical (unpaired) electrons. The van der Waals surface area contributed by atoms with Crippen molar-refractivity contribution < 1.29 is 35.5 Å². The van der Waals surface area contributed by atoms with Crippen LogP contribution in [0.4, 0.5) is 38.2 Å². The van der Waals surface area contributed by atoms with Crippen molar-refractivity contribution in [2.75, 3.05) is 43.4 Å². The Hall–Kier alpha value is -3.85. The van der Waals surface area contributed by atoms with Crippen molar-refractivity contribution in [3.63, 3.8) is 0 Å². The second-order valence-electron chi connectivity index (χ2n) is 12.6. The predicted molar refractivity (Wildman–Crippen MR) is 153 cm³/mol. The van der Waals surface area contributed by atoms with Crippen LogP contribution in [0, 0.1) is 11.6 Å². The van der Waals surface area contributed by atoms with Gasteiger partial charge < -0.3 is 25.1 Å². The molecule has 4 aromatic rings. The topological polar surface area (TPSA) is 106 Å². The van der Waals surface area contributed by atoms with Gasteiger partial charge in [0.15, 0.2) is 17.2 Å². The summed E-state index contributed by atoms with van der Waals surface area (Å²) in [5.41, 5.74) is 1.26. The minimum absolute atomic E-state index is 0.0527. The Labute approximate surface area is 252 Å². The van der Waals surface area contributed by atoms with Crippen molar-refractivity contribution in [3.8, 4) is 17.1 Å². The maximum atomic E-state index is 16.8. The molecular weight excluding hydrogens is 604 g/mol. The molecule has 2 bridgehead atoms. The summed E-state index contributed by atoms with van der Waals surface area (Å²) in [6.45, 7) is 1.98. The van der Waals surface area contributed by atoms with Gasteiger partial charge in [-0.25, -0.2) is 13.2 Å². The van der Waals surface area contributed by atoms with Gasteiger partial charge in [0.05, 0.1) is 11.1 Å². The molecule has 9 nitrogen and oxygen atoms in total. The van der Waals surface area contributed by atoms with E-state index in [0.717, 1.165) is 44.0 Å². The standard InChI is InChI=1S/C30H29F6N7O2/c31-14-9-29(6-1-7-43(29)10-14)13-44-28-40-23-18(26(41-28)42-11-15-2-3-16(12-42)38-15)8-19(30(34,35)36)21(22(23)33)17-4-5-20(32)25-24(17)39-27(37)45-25/h4-5,8,14-16,38H,1-3,6-7,9-13H2,(H2,37,39). The van der Waals surface area contributed by atoms with E-state index >= 15 is 4.39 Å². The van der Waals surface area contributed by atoms with Crippen molar-refractivity contribution in [3.05, 3.63) is 35.4 Å². The molecular formula is C30H29F6N7O2. The van der Waals surface area contributed by atoms with Gasteiger partial charge in [0.25, 0.3) is 6.01 Å². The number of nitrogen functional groups attached to an aromatic ring is 1. The Bertz CT molecular complexity index is 1820. The number of halogens is 6. The maximum Gasteiger partial charge on any atom is 0.417 e. The zero-order valence-corrected chi connectivity index (χ0v) is 23.9. The highest BCUT2D eigenvalue weighted by molar-refractivity contribution is 6.00. The molecule has 15 heteroatoms. The number of oxazole rings is 1. The van der Waals surface area contributed by atoms with Crippen molar-refractivity contribution >= 4 is 33.8 Å². The molecule has 4 fully saturated rings. The first-order valence-corrected chi connectivity index (χ1v) is 15.0. The summed E-state index contributed by atoms with van der Waals surface area (Å²) in [5.74, 6) is -2.09. The summed E-state index contributed by atoms with van der Waals surface area (Å²) in [7, 11) is 0. The first kappa shape index (κ1) is 28.6. The summed E-state index contributed by atoms with van der Waals surface area (Å²) in [6.07, 6.45) is -2.37. The molecule has 4 atom stereocenters.